The lowest BCUT2D eigenvalue weighted by Crippen LogP contribution is -2.29. The zero-order chi connectivity index (χ0) is 33.7. The molecule has 0 amide bonds. The van der Waals surface area contributed by atoms with Crippen LogP contribution < -0.4 is 10.2 Å². The number of anilines is 3. The van der Waals surface area contributed by atoms with Crippen molar-refractivity contribution in [3.8, 4) is 11.1 Å². The average molecular weight is 626 g/mol. The maximum Gasteiger partial charge on any atom is 0.125 e. The smallest absolute Gasteiger partial charge is 0.125 e. The van der Waals surface area contributed by atoms with E-state index in [1.165, 1.54) is 22.8 Å². The van der Waals surface area contributed by atoms with Crippen LogP contribution in [0, 0.1) is 5.82 Å². The summed E-state index contributed by atoms with van der Waals surface area (Å²) in [4.78, 5) is 7.23. The van der Waals surface area contributed by atoms with Crippen LogP contribution in [-0.4, -0.2) is 18.8 Å². The number of aliphatic imine (C=N–C) groups is 1. The van der Waals surface area contributed by atoms with Gasteiger partial charge in [-0.25, -0.2) is 4.39 Å². The molecule has 0 bridgehead atoms. The molecule has 0 spiro atoms. The Morgan fingerprint density at radius 2 is 1.62 bits per heavy atom. The monoisotopic (exact) mass is 625 g/mol. The van der Waals surface area contributed by atoms with Crippen LogP contribution in [0.1, 0.15) is 76.5 Å². The second-order valence-corrected chi connectivity index (χ2v) is 13.7. The van der Waals surface area contributed by atoms with Gasteiger partial charge in [0.25, 0.3) is 0 Å². The Kier molecular flexibility index (Phi) is 10.3. The van der Waals surface area contributed by atoms with E-state index >= 15 is 0 Å². The first kappa shape index (κ1) is 33.7. The summed E-state index contributed by atoms with van der Waals surface area (Å²) in [7, 11) is 1.97. The lowest BCUT2D eigenvalue weighted by molar-refractivity contribution is 0.489. The van der Waals surface area contributed by atoms with Crippen LogP contribution in [0.2, 0.25) is 0 Å². The van der Waals surface area contributed by atoms with Crippen LogP contribution in [0.3, 0.4) is 0 Å². The van der Waals surface area contributed by atoms with E-state index in [-0.39, 0.29) is 23.2 Å². The van der Waals surface area contributed by atoms with E-state index in [1.54, 1.807) is 6.07 Å². The van der Waals surface area contributed by atoms with Crippen molar-refractivity contribution in [1.29, 1.82) is 0 Å². The zero-order valence-corrected chi connectivity index (χ0v) is 28.8. The molecule has 1 N–H and O–H groups in total. The Hall–Kier alpha value is -4.70. The van der Waals surface area contributed by atoms with E-state index in [9.17, 15) is 4.39 Å². The molecule has 1 aliphatic rings. The van der Waals surface area contributed by atoms with E-state index in [2.05, 4.69) is 119 Å². The van der Waals surface area contributed by atoms with E-state index in [0.29, 0.717) is 6.42 Å². The van der Waals surface area contributed by atoms with E-state index in [0.717, 1.165) is 58.0 Å². The normalized spacial score (nSPS) is 16.0. The van der Waals surface area contributed by atoms with Gasteiger partial charge in [0.05, 0.1) is 17.4 Å². The molecule has 4 aromatic rings. The molecule has 2 unspecified atom stereocenters. The van der Waals surface area contributed by atoms with Crippen LogP contribution in [0.5, 0.6) is 0 Å². The van der Waals surface area contributed by atoms with Crippen molar-refractivity contribution in [3.63, 3.8) is 0 Å². The summed E-state index contributed by atoms with van der Waals surface area (Å²) in [6, 6.07) is 30.5. The molecule has 4 heteroatoms. The predicted octanol–water partition coefficient (Wildman–Crippen LogP) is 11.8. The fourth-order valence-electron chi connectivity index (χ4n) is 6.52. The summed E-state index contributed by atoms with van der Waals surface area (Å²) in [5.74, 6) is -0.0701. The SMILES string of the molecule is C=C(/C=C\C)CCC1c2ccccc2C(C)=NC1CC(=C)N(C)c1cc(F)ccc1Nc1ccc(C(C)(C)C)cc1-c1ccccc1. The van der Waals surface area contributed by atoms with E-state index in [1.807, 2.05) is 37.1 Å². The molecule has 0 saturated carbocycles. The maximum absolute atomic E-state index is 14.9. The molecule has 3 nitrogen and oxygen atoms in total. The minimum atomic E-state index is -0.294. The number of rotatable bonds is 11. The molecule has 0 radical (unpaired) electrons. The van der Waals surface area contributed by atoms with Gasteiger partial charge >= 0.3 is 0 Å². The third-order valence-corrected chi connectivity index (χ3v) is 9.23. The fraction of sp³-hybridized carbons (Fsp3) is 0.279. The van der Waals surface area contributed by atoms with Crippen LogP contribution in [0.25, 0.3) is 11.1 Å². The molecule has 5 rings (SSSR count). The summed E-state index contributed by atoms with van der Waals surface area (Å²) < 4.78 is 14.9. The molecule has 0 aliphatic carbocycles. The second kappa shape index (κ2) is 14.4. The van der Waals surface area contributed by atoms with Crippen LogP contribution in [-0.2, 0) is 5.41 Å². The first-order valence-electron chi connectivity index (χ1n) is 16.6. The molecular formula is C43H48FN3. The Morgan fingerprint density at radius 1 is 0.915 bits per heavy atom. The highest BCUT2D eigenvalue weighted by Gasteiger charge is 2.31. The Bertz CT molecular complexity index is 1810. The van der Waals surface area contributed by atoms with E-state index < -0.39 is 0 Å². The zero-order valence-electron chi connectivity index (χ0n) is 28.8. The average Bonchev–Trinajstić information content (AvgIpc) is 3.05. The molecule has 47 heavy (non-hydrogen) atoms. The van der Waals surface area contributed by atoms with Gasteiger partial charge < -0.3 is 10.2 Å². The van der Waals surface area contributed by atoms with Crippen molar-refractivity contribution >= 4 is 22.8 Å². The maximum atomic E-state index is 14.9. The van der Waals surface area contributed by atoms with Crippen LogP contribution >= 0.6 is 0 Å². The van der Waals surface area contributed by atoms with Crippen LogP contribution in [0.4, 0.5) is 21.5 Å². The highest BCUT2D eigenvalue weighted by molar-refractivity contribution is 6.01. The molecule has 1 heterocycles. The molecule has 4 aromatic carbocycles. The molecular weight excluding hydrogens is 577 g/mol. The van der Waals surface area contributed by atoms with Gasteiger partial charge in [0.15, 0.2) is 0 Å². The van der Waals surface area contributed by atoms with Gasteiger partial charge in [-0.2, -0.15) is 0 Å². The van der Waals surface area contributed by atoms with Gasteiger partial charge in [-0.05, 0) is 84.7 Å². The number of benzene rings is 4. The Balaban J connectivity index is 1.45. The molecule has 0 fully saturated rings. The van der Waals surface area contributed by atoms with Crippen molar-refractivity contribution < 1.29 is 4.39 Å². The first-order chi connectivity index (χ1) is 22.5. The van der Waals surface area contributed by atoms with Gasteiger partial charge in [0.1, 0.15) is 5.82 Å². The summed E-state index contributed by atoms with van der Waals surface area (Å²) >= 11 is 0. The summed E-state index contributed by atoms with van der Waals surface area (Å²) in [6.07, 6.45) is 6.61. The first-order valence-corrected chi connectivity index (χ1v) is 16.6. The Labute approximate surface area is 281 Å². The molecule has 242 valence electrons. The standard InChI is InChI=1S/C43H48FN3/c1-9-15-29(2)20-23-37-36-19-14-13-18-35(36)31(4)45-41(37)26-30(3)47(8)42-28-34(44)22-25-40(42)46-39-24-21-33(43(5,6)7)27-38(39)32-16-11-10-12-17-32/h9-19,21-22,24-25,27-28,37,41,46H,2-3,20,23,26H2,1,4-8H3/b15-9-. The summed E-state index contributed by atoms with van der Waals surface area (Å²) in [5, 5.41) is 3.67. The van der Waals surface area contributed by atoms with Crippen molar-refractivity contribution in [3.05, 3.63) is 150 Å². The van der Waals surface area contributed by atoms with Gasteiger partial charge in [-0.1, -0.05) is 112 Å². The number of nitrogens with one attached hydrogen (secondary N) is 1. The summed E-state index contributed by atoms with van der Waals surface area (Å²) in [6.45, 7) is 19.6. The van der Waals surface area contributed by atoms with Gasteiger partial charge in [0, 0.05) is 42.0 Å². The number of halogens is 1. The largest absolute Gasteiger partial charge is 0.353 e. The number of fused-ring (bicyclic) bond motifs is 1. The number of allylic oxidation sites excluding steroid dienone is 3. The molecule has 0 aromatic heterocycles. The topological polar surface area (TPSA) is 27.6 Å². The Morgan fingerprint density at radius 3 is 2.34 bits per heavy atom. The van der Waals surface area contributed by atoms with Crippen molar-refractivity contribution in [1.82, 2.24) is 0 Å². The molecule has 2 atom stereocenters. The lowest BCUT2D eigenvalue weighted by atomic mass is 9.79. The highest BCUT2D eigenvalue weighted by atomic mass is 19.1. The minimum absolute atomic E-state index is 0.000670. The van der Waals surface area contributed by atoms with Crippen molar-refractivity contribution in [2.75, 3.05) is 17.3 Å². The second-order valence-electron chi connectivity index (χ2n) is 13.7. The third kappa shape index (κ3) is 7.82. The fourth-order valence-corrected chi connectivity index (χ4v) is 6.52. The minimum Gasteiger partial charge on any atom is -0.353 e. The summed E-state index contributed by atoms with van der Waals surface area (Å²) in [5.41, 5.74) is 11.6. The number of hydrogen-bond donors (Lipinski definition) is 1. The predicted molar refractivity (Wildman–Crippen MR) is 201 cm³/mol. The van der Waals surface area contributed by atoms with Gasteiger partial charge in [0.2, 0.25) is 0 Å². The molecule has 1 aliphatic heterocycles. The molecule has 0 saturated heterocycles. The van der Waals surface area contributed by atoms with E-state index in [4.69, 9.17) is 4.99 Å². The quantitative estimate of drug-likeness (QED) is 0.168. The lowest BCUT2D eigenvalue weighted by Gasteiger charge is -2.34. The number of hydrogen-bond acceptors (Lipinski definition) is 3. The van der Waals surface area contributed by atoms with Crippen LogP contribution in [0.15, 0.2) is 133 Å². The van der Waals surface area contributed by atoms with Gasteiger partial charge in [-0.3, -0.25) is 4.99 Å². The number of nitrogens with zero attached hydrogens (tertiary/aromatic N) is 2. The third-order valence-electron chi connectivity index (χ3n) is 9.23. The van der Waals surface area contributed by atoms with Gasteiger partial charge in [-0.15, -0.1) is 0 Å². The van der Waals surface area contributed by atoms with Crippen molar-refractivity contribution in [2.45, 2.75) is 71.3 Å². The highest BCUT2D eigenvalue weighted by Crippen LogP contribution is 2.41. The van der Waals surface area contributed by atoms with Crippen molar-refractivity contribution in [2.24, 2.45) is 4.99 Å².